The van der Waals surface area contributed by atoms with Crippen LogP contribution in [0.1, 0.15) is 36.1 Å². The van der Waals surface area contributed by atoms with Crippen molar-refractivity contribution in [3.63, 3.8) is 0 Å². The average molecular weight is 343 g/mol. The lowest BCUT2D eigenvalue weighted by Gasteiger charge is -2.19. The van der Waals surface area contributed by atoms with Gasteiger partial charge in [0.25, 0.3) is 0 Å². The van der Waals surface area contributed by atoms with E-state index >= 15 is 0 Å². The Kier molecular flexibility index (Phi) is 5.95. The van der Waals surface area contributed by atoms with E-state index in [-0.39, 0.29) is 6.04 Å². The van der Waals surface area contributed by atoms with E-state index in [9.17, 15) is 0 Å². The maximum absolute atomic E-state index is 6.24. The number of halogens is 3. The molecule has 4 heteroatoms. The summed E-state index contributed by atoms with van der Waals surface area (Å²) in [5.74, 6) is 0. The first kappa shape index (κ1) is 16.6. The van der Waals surface area contributed by atoms with Gasteiger partial charge in [0.2, 0.25) is 0 Å². The van der Waals surface area contributed by atoms with Gasteiger partial charge in [0.05, 0.1) is 10.0 Å². The molecule has 2 aromatic carbocycles. The van der Waals surface area contributed by atoms with E-state index in [1.54, 1.807) is 12.1 Å². The van der Waals surface area contributed by atoms with Crippen LogP contribution in [0.25, 0.3) is 0 Å². The van der Waals surface area contributed by atoms with E-state index in [4.69, 9.17) is 34.8 Å². The normalized spacial score (nSPS) is 12.4. The van der Waals surface area contributed by atoms with Gasteiger partial charge in [0.1, 0.15) is 0 Å². The standard InChI is InChI=1S/C17H18Cl3N/c1-3-16(12-6-4-11(2)5-7-12)21-10-13-14(18)8-9-15(19)17(13)20/h4-9,16,21H,3,10H2,1-2H3. The lowest BCUT2D eigenvalue weighted by atomic mass is 10.0. The zero-order valence-electron chi connectivity index (χ0n) is 12.1. The van der Waals surface area contributed by atoms with Gasteiger partial charge >= 0.3 is 0 Å². The SMILES string of the molecule is CCC(NCc1c(Cl)ccc(Cl)c1Cl)c1ccc(C)cc1. The summed E-state index contributed by atoms with van der Waals surface area (Å²) in [7, 11) is 0. The van der Waals surface area contributed by atoms with Crippen molar-refractivity contribution < 1.29 is 0 Å². The van der Waals surface area contributed by atoms with Crippen molar-refractivity contribution in [2.45, 2.75) is 32.9 Å². The average Bonchev–Trinajstić information content (AvgIpc) is 2.48. The maximum Gasteiger partial charge on any atom is 0.0652 e. The van der Waals surface area contributed by atoms with E-state index in [0.29, 0.717) is 21.6 Å². The smallest absolute Gasteiger partial charge is 0.0652 e. The molecule has 0 spiro atoms. The Morgan fingerprint density at radius 2 is 1.57 bits per heavy atom. The fourth-order valence-corrected chi connectivity index (χ4v) is 2.93. The second-order valence-electron chi connectivity index (χ2n) is 5.07. The Hall–Kier alpha value is -0.730. The summed E-state index contributed by atoms with van der Waals surface area (Å²) >= 11 is 18.5. The number of nitrogens with one attached hydrogen (secondary N) is 1. The molecule has 0 aromatic heterocycles. The Labute approximate surface area is 141 Å². The molecule has 1 nitrogen and oxygen atoms in total. The van der Waals surface area contributed by atoms with Gasteiger partial charge in [-0.2, -0.15) is 0 Å². The van der Waals surface area contributed by atoms with Gasteiger partial charge in [-0.05, 0) is 31.0 Å². The highest BCUT2D eigenvalue weighted by molar-refractivity contribution is 6.44. The molecule has 112 valence electrons. The molecule has 0 aliphatic heterocycles. The predicted molar refractivity (Wildman–Crippen MR) is 92.5 cm³/mol. The molecular weight excluding hydrogens is 325 g/mol. The zero-order chi connectivity index (χ0) is 15.4. The number of hydrogen-bond acceptors (Lipinski definition) is 1. The molecule has 0 radical (unpaired) electrons. The number of aryl methyl sites for hydroxylation is 1. The van der Waals surface area contributed by atoms with E-state index < -0.39 is 0 Å². The minimum atomic E-state index is 0.261. The molecule has 0 amide bonds. The summed E-state index contributed by atoms with van der Waals surface area (Å²) < 4.78 is 0. The fourth-order valence-electron chi connectivity index (χ4n) is 2.25. The predicted octanol–water partition coefficient (Wildman–Crippen LogP) is 6.20. The summed E-state index contributed by atoms with van der Waals surface area (Å²) in [6.07, 6.45) is 0.985. The van der Waals surface area contributed by atoms with Crippen LogP contribution < -0.4 is 5.32 Å². The second kappa shape index (κ2) is 7.51. The van der Waals surface area contributed by atoms with Gasteiger partial charge in [-0.1, -0.05) is 71.6 Å². The van der Waals surface area contributed by atoms with Crippen molar-refractivity contribution in [2.75, 3.05) is 0 Å². The van der Waals surface area contributed by atoms with Crippen LogP contribution in [0.4, 0.5) is 0 Å². The van der Waals surface area contributed by atoms with Crippen LogP contribution in [0, 0.1) is 6.92 Å². The van der Waals surface area contributed by atoms with E-state index in [0.717, 1.165) is 12.0 Å². The van der Waals surface area contributed by atoms with Crippen molar-refractivity contribution in [3.8, 4) is 0 Å². The fraction of sp³-hybridized carbons (Fsp3) is 0.294. The van der Waals surface area contributed by atoms with Crippen LogP contribution in [0.3, 0.4) is 0 Å². The Balaban J connectivity index is 2.14. The molecule has 0 fully saturated rings. The number of benzene rings is 2. The molecule has 0 aliphatic carbocycles. The Morgan fingerprint density at radius 1 is 0.952 bits per heavy atom. The van der Waals surface area contributed by atoms with Crippen LogP contribution in [0.5, 0.6) is 0 Å². The van der Waals surface area contributed by atoms with Gasteiger partial charge in [0.15, 0.2) is 0 Å². The first-order valence-electron chi connectivity index (χ1n) is 6.95. The Morgan fingerprint density at radius 3 is 2.19 bits per heavy atom. The van der Waals surface area contributed by atoms with Crippen molar-refractivity contribution in [1.29, 1.82) is 0 Å². The third kappa shape index (κ3) is 4.14. The highest BCUT2D eigenvalue weighted by atomic mass is 35.5. The summed E-state index contributed by atoms with van der Waals surface area (Å²) in [6.45, 7) is 4.83. The minimum absolute atomic E-state index is 0.261. The first-order chi connectivity index (χ1) is 10.0. The highest BCUT2D eigenvalue weighted by Gasteiger charge is 2.13. The van der Waals surface area contributed by atoms with Crippen molar-refractivity contribution in [1.82, 2.24) is 5.32 Å². The maximum atomic E-state index is 6.24. The van der Waals surface area contributed by atoms with Gasteiger partial charge in [-0.15, -0.1) is 0 Å². The molecule has 0 saturated heterocycles. The van der Waals surface area contributed by atoms with Crippen LogP contribution in [0.2, 0.25) is 15.1 Å². The molecule has 1 atom stereocenters. The molecule has 21 heavy (non-hydrogen) atoms. The van der Waals surface area contributed by atoms with Gasteiger partial charge < -0.3 is 5.32 Å². The second-order valence-corrected chi connectivity index (χ2v) is 6.27. The molecule has 0 heterocycles. The largest absolute Gasteiger partial charge is 0.306 e. The van der Waals surface area contributed by atoms with Crippen molar-refractivity contribution in [3.05, 3.63) is 68.2 Å². The third-order valence-corrected chi connectivity index (χ3v) is 4.75. The molecule has 1 N–H and O–H groups in total. The number of hydrogen-bond donors (Lipinski definition) is 1. The molecule has 0 saturated carbocycles. The first-order valence-corrected chi connectivity index (χ1v) is 8.08. The van der Waals surface area contributed by atoms with Crippen LogP contribution in [0.15, 0.2) is 36.4 Å². The summed E-state index contributed by atoms with van der Waals surface area (Å²) in [5, 5.41) is 5.19. The third-order valence-electron chi connectivity index (χ3n) is 3.55. The molecule has 0 bridgehead atoms. The molecule has 2 aromatic rings. The van der Waals surface area contributed by atoms with Gasteiger partial charge in [0, 0.05) is 23.2 Å². The summed E-state index contributed by atoms with van der Waals surface area (Å²) in [4.78, 5) is 0. The van der Waals surface area contributed by atoms with Crippen LogP contribution in [-0.2, 0) is 6.54 Å². The summed E-state index contributed by atoms with van der Waals surface area (Å²) in [6, 6.07) is 12.3. The molecule has 1 unspecified atom stereocenters. The minimum Gasteiger partial charge on any atom is -0.306 e. The lowest BCUT2D eigenvalue weighted by molar-refractivity contribution is 0.519. The van der Waals surface area contributed by atoms with Gasteiger partial charge in [-0.3, -0.25) is 0 Å². The number of rotatable bonds is 5. The molecule has 2 rings (SSSR count). The lowest BCUT2D eigenvalue weighted by Crippen LogP contribution is -2.20. The molecule has 0 aliphatic rings. The monoisotopic (exact) mass is 341 g/mol. The van der Waals surface area contributed by atoms with Gasteiger partial charge in [-0.25, -0.2) is 0 Å². The quantitative estimate of drug-likeness (QED) is 0.638. The summed E-state index contributed by atoms with van der Waals surface area (Å²) in [5.41, 5.74) is 3.36. The van der Waals surface area contributed by atoms with Crippen molar-refractivity contribution in [2.24, 2.45) is 0 Å². The molecular formula is C17H18Cl3N. The van der Waals surface area contributed by atoms with Crippen molar-refractivity contribution >= 4 is 34.8 Å². The highest BCUT2D eigenvalue weighted by Crippen LogP contribution is 2.32. The zero-order valence-corrected chi connectivity index (χ0v) is 14.4. The van der Waals surface area contributed by atoms with Crippen LogP contribution in [-0.4, -0.2) is 0 Å². The topological polar surface area (TPSA) is 12.0 Å². The van der Waals surface area contributed by atoms with E-state index in [2.05, 4.69) is 43.4 Å². The van der Waals surface area contributed by atoms with E-state index in [1.165, 1.54) is 11.1 Å². The van der Waals surface area contributed by atoms with Crippen LogP contribution >= 0.6 is 34.8 Å². The van der Waals surface area contributed by atoms with E-state index in [1.807, 2.05) is 0 Å². The Bertz CT molecular complexity index is 608.